The van der Waals surface area contributed by atoms with Crippen molar-refractivity contribution in [3.8, 4) is 0 Å². The van der Waals surface area contributed by atoms with E-state index in [4.69, 9.17) is 1.37 Å². The van der Waals surface area contributed by atoms with Crippen LogP contribution in [-0.4, -0.2) is 9.97 Å². The molecule has 11 heavy (non-hydrogen) atoms. The first kappa shape index (κ1) is 5.07. The molecule has 0 bridgehead atoms. The number of aromatic nitrogens is 2. The fourth-order valence-electron chi connectivity index (χ4n) is 0.969. The van der Waals surface area contributed by atoms with Crippen molar-refractivity contribution < 1.29 is 1.37 Å². The molecule has 0 aliphatic rings. The number of aromatic amines is 1. The van der Waals surface area contributed by atoms with Gasteiger partial charge in [0.25, 0.3) is 5.56 Å². The predicted molar refractivity (Wildman–Crippen MR) is 42.4 cm³/mol. The quantitative estimate of drug-likeness (QED) is 0.603. The lowest BCUT2D eigenvalue weighted by atomic mass is 10.2. The van der Waals surface area contributed by atoms with Crippen LogP contribution >= 0.6 is 0 Å². The number of hydrogen-bond donors (Lipinski definition) is 1. The first-order valence-corrected chi connectivity index (χ1v) is 3.23. The highest BCUT2D eigenvalue weighted by atomic mass is 16.1. The molecule has 1 N–H and O–H groups in total. The summed E-state index contributed by atoms with van der Waals surface area (Å²) in [4.78, 5) is 17.3. The van der Waals surface area contributed by atoms with Gasteiger partial charge in [-0.2, -0.15) is 0 Å². The van der Waals surface area contributed by atoms with Crippen LogP contribution in [0.4, 0.5) is 0 Å². The molecule has 0 unspecified atom stereocenters. The number of nitrogens with zero attached hydrogens (tertiary/aromatic N) is 1. The van der Waals surface area contributed by atoms with E-state index in [1.54, 1.807) is 24.3 Å². The lowest BCUT2D eigenvalue weighted by Crippen LogP contribution is -2.05. The van der Waals surface area contributed by atoms with Crippen LogP contribution < -0.4 is 5.56 Å². The van der Waals surface area contributed by atoms with Gasteiger partial charge in [-0.3, -0.25) is 4.79 Å². The summed E-state index contributed by atoms with van der Waals surface area (Å²) in [6, 6.07) is 6.94. The summed E-state index contributed by atoms with van der Waals surface area (Å²) >= 11 is 0. The number of nitrogens with one attached hydrogen (secondary N) is 1. The summed E-state index contributed by atoms with van der Waals surface area (Å²) in [5.74, 6) is 0. The van der Waals surface area contributed by atoms with Crippen molar-refractivity contribution in [1.29, 1.82) is 0 Å². The Hall–Kier alpha value is -1.64. The molecule has 3 heteroatoms. The van der Waals surface area contributed by atoms with Gasteiger partial charge in [0.1, 0.15) is 1.37 Å². The van der Waals surface area contributed by atoms with Gasteiger partial charge in [0.2, 0.25) is 0 Å². The SMILES string of the molecule is [3H]c1nc2ccccc2c(=O)[nH]1. The summed E-state index contributed by atoms with van der Waals surface area (Å²) < 4.78 is 7.15. The molecule has 0 atom stereocenters. The molecule has 0 aliphatic carbocycles. The minimum Gasteiger partial charge on any atom is -0.313 e. The van der Waals surface area contributed by atoms with Gasteiger partial charge in [0, 0.05) is 0 Å². The average Bonchev–Trinajstić information content (AvgIpc) is 2.04. The number of benzene rings is 1. The molecule has 0 spiro atoms. The smallest absolute Gasteiger partial charge is 0.258 e. The van der Waals surface area contributed by atoms with Crippen LogP contribution in [0.3, 0.4) is 0 Å². The third kappa shape index (κ3) is 0.902. The van der Waals surface area contributed by atoms with Gasteiger partial charge in [-0.25, -0.2) is 4.98 Å². The highest BCUT2D eigenvalue weighted by Gasteiger charge is 1.94. The molecule has 1 aromatic heterocycles. The predicted octanol–water partition coefficient (Wildman–Crippen LogP) is 0.923. The largest absolute Gasteiger partial charge is 0.313 e. The Morgan fingerprint density at radius 2 is 2.27 bits per heavy atom. The van der Waals surface area contributed by atoms with E-state index in [0.29, 0.717) is 10.9 Å². The number of para-hydroxylation sites is 1. The molecule has 3 nitrogen and oxygen atoms in total. The Morgan fingerprint density at radius 3 is 3.18 bits per heavy atom. The zero-order valence-corrected chi connectivity index (χ0v) is 5.66. The van der Waals surface area contributed by atoms with Crippen molar-refractivity contribution in [2.24, 2.45) is 0 Å². The van der Waals surface area contributed by atoms with Gasteiger partial charge in [0.05, 0.1) is 17.2 Å². The molecule has 2 aromatic rings. The summed E-state index contributed by atoms with van der Waals surface area (Å²) in [6.07, 6.45) is -0.0984. The second-order valence-corrected chi connectivity index (χ2v) is 2.19. The summed E-state index contributed by atoms with van der Waals surface area (Å²) in [6.45, 7) is 0. The molecule has 0 aliphatic heterocycles. The molecular weight excluding hydrogens is 140 g/mol. The van der Waals surface area contributed by atoms with Crippen LogP contribution in [0.25, 0.3) is 10.9 Å². The van der Waals surface area contributed by atoms with Crippen LogP contribution in [0.1, 0.15) is 1.37 Å². The van der Waals surface area contributed by atoms with E-state index in [0.717, 1.165) is 0 Å². The van der Waals surface area contributed by atoms with Crippen LogP contribution in [0, 0.1) is 0 Å². The lowest BCUT2D eigenvalue weighted by molar-refractivity contribution is 1.17. The molecule has 0 saturated heterocycles. The van der Waals surface area contributed by atoms with Gasteiger partial charge in [0.15, 0.2) is 0 Å². The highest BCUT2D eigenvalue weighted by molar-refractivity contribution is 5.76. The Kier molecular flexibility index (Phi) is 1.01. The van der Waals surface area contributed by atoms with Gasteiger partial charge < -0.3 is 4.98 Å². The molecule has 0 radical (unpaired) electrons. The third-order valence-electron chi connectivity index (χ3n) is 1.49. The first-order chi connectivity index (χ1) is 5.77. The van der Waals surface area contributed by atoms with Crippen LogP contribution in [0.15, 0.2) is 35.4 Å². The van der Waals surface area contributed by atoms with Crippen molar-refractivity contribution in [2.45, 2.75) is 0 Å². The number of fused-ring (bicyclic) bond motifs is 1. The number of hydrogen-bond acceptors (Lipinski definition) is 2. The van der Waals surface area contributed by atoms with E-state index in [1.165, 1.54) is 0 Å². The van der Waals surface area contributed by atoms with Crippen LogP contribution in [-0.2, 0) is 0 Å². The maximum absolute atomic E-state index is 11.2. The van der Waals surface area contributed by atoms with Crippen LogP contribution in [0.5, 0.6) is 0 Å². The molecule has 2 rings (SSSR count). The normalized spacial score (nSPS) is 11.5. The molecule has 1 aromatic carbocycles. The van der Waals surface area contributed by atoms with Gasteiger partial charge >= 0.3 is 0 Å². The zero-order chi connectivity index (χ0) is 8.55. The molecular formula is C8H6N2O. The zero-order valence-electron chi connectivity index (χ0n) is 6.66. The second-order valence-electron chi connectivity index (χ2n) is 2.19. The summed E-state index contributed by atoms with van der Waals surface area (Å²) in [5.41, 5.74) is 0.303. The molecule has 1 heterocycles. The van der Waals surface area contributed by atoms with Crippen molar-refractivity contribution >= 4 is 10.9 Å². The lowest BCUT2D eigenvalue weighted by Gasteiger charge is -1.91. The number of rotatable bonds is 0. The number of H-pyrrole nitrogens is 1. The van der Waals surface area contributed by atoms with E-state index >= 15 is 0 Å². The van der Waals surface area contributed by atoms with E-state index in [2.05, 4.69) is 9.97 Å². The fraction of sp³-hybridized carbons (Fsp3) is 0. The van der Waals surface area contributed by atoms with Crippen molar-refractivity contribution in [3.63, 3.8) is 0 Å². The molecule has 0 saturated carbocycles. The summed E-state index contributed by atoms with van der Waals surface area (Å²) in [7, 11) is 0. The van der Waals surface area contributed by atoms with Crippen molar-refractivity contribution in [3.05, 3.63) is 40.9 Å². The maximum Gasteiger partial charge on any atom is 0.258 e. The van der Waals surface area contributed by atoms with E-state index in [1.807, 2.05) is 0 Å². The van der Waals surface area contributed by atoms with E-state index in [-0.39, 0.29) is 11.9 Å². The average molecular weight is 148 g/mol. The summed E-state index contributed by atoms with van der Waals surface area (Å²) in [5, 5.41) is 0.522. The minimum absolute atomic E-state index is 0.0984. The Bertz CT molecular complexity index is 478. The Labute approximate surface area is 64.1 Å². The van der Waals surface area contributed by atoms with Gasteiger partial charge in [-0.1, -0.05) is 12.1 Å². The van der Waals surface area contributed by atoms with Crippen molar-refractivity contribution in [2.75, 3.05) is 0 Å². The molecule has 0 amide bonds. The fourth-order valence-corrected chi connectivity index (χ4v) is 0.969. The molecule has 0 fully saturated rings. The standard InChI is InChI=1S/C8H6N2O/c11-8-6-3-1-2-4-7(6)9-5-10-8/h1-5H,(H,9,10,11)/i5T. The second kappa shape index (κ2) is 2.20. The monoisotopic (exact) mass is 148 g/mol. The minimum atomic E-state index is -0.259. The van der Waals surface area contributed by atoms with E-state index in [9.17, 15) is 4.79 Å². The Balaban J connectivity index is 2.99. The van der Waals surface area contributed by atoms with Gasteiger partial charge in [-0.15, -0.1) is 0 Å². The first-order valence-electron chi connectivity index (χ1n) is 3.73. The van der Waals surface area contributed by atoms with Crippen LogP contribution in [0.2, 0.25) is 0 Å². The van der Waals surface area contributed by atoms with Crippen molar-refractivity contribution in [1.82, 2.24) is 9.97 Å². The van der Waals surface area contributed by atoms with E-state index < -0.39 is 0 Å². The third-order valence-corrected chi connectivity index (χ3v) is 1.49. The topological polar surface area (TPSA) is 45.8 Å². The highest BCUT2D eigenvalue weighted by Crippen LogP contribution is 2.02. The maximum atomic E-state index is 11.2. The molecule has 54 valence electrons. The van der Waals surface area contributed by atoms with Gasteiger partial charge in [-0.05, 0) is 12.1 Å². The Morgan fingerprint density at radius 1 is 1.45 bits per heavy atom.